The molecule has 11 nitrogen and oxygen atoms in total. The molecular formula is C25H27F2N9O2. The summed E-state index contributed by atoms with van der Waals surface area (Å²) in [5, 5.41) is 29.7. The van der Waals surface area contributed by atoms with Crippen molar-refractivity contribution in [1.29, 1.82) is 0 Å². The zero-order valence-corrected chi connectivity index (χ0v) is 21.1. The molecule has 2 N–H and O–H groups in total. The van der Waals surface area contributed by atoms with Gasteiger partial charge in [-0.2, -0.15) is 9.90 Å². The summed E-state index contributed by atoms with van der Waals surface area (Å²) in [6, 6.07) is 5.56. The van der Waals surface area contributed by atoms with Crippen molar-refractivity contribution < 1.29 is 18.7 Å². The number of carbonyl (C=O) groups excluding carboxylic acids is 1. The summed E-state index contributed by atoms with van der Waals surface area (Å²) < 4.78 is 27.7. The average molecular weight is 524 g/mol. The molecule has 38 heavy (non-hydrogen) atoms. The number of nitrogens with zero attached hydrogens (tertiary/aromatic N) is 8. The number of nitrogens with one attached hydrogen (secondary N) is 1. The van der Waals surface area contributed by atoms with E-state index in [1.165, 1.54) is 11.0 Å². The number of halogens is 2. The molecule has 13 heteroatoms. The maximum Gasteiger partial charge on any atom is 0.266 e. The minimum Gasteiger partial charge on any atom is -0.384 e. The number of anilines is 2. The van der Waals surface area contributed by atoms with E-state index in [4.69, 9.17) is 0 Å². The Balaban J connectivity index is 1.20. The number of hydrogen-bond acceptors (Lipinski definition) is 8. The summed E-state index contributed by atoms with van der Waals surface area (Å²) in [5.41, 5.74) is 1.50. The van der Waals surface area contributed by atoms with E-state index in [-0.39, 0.29) is 30.2 Å². The van der Waals surface area contributed by atoms with Crippen molar-refractivity contribution in [3.05, 3.63) is 48.0 Å². The monoisotopic (exact) mass is 523 g/mol. The first-order valence-electron chi connectivity index (χ1n) is 12.4. The minimum atomic E-state index is -2.73. The normalized spacial score (nSPS) is 17.7. The quantitative estimate of drug-likeness (QED) is 0.395. The standard InChI is InChI=1S/C25H27F2N9O2/c1-14(2)36-32-21(31-33-36)16-6-19(15(3)28-8-16)30-22(37)18-9-29-35-5-4-17(7-20(18)35)34-12-24(13-34)10-25(38,11-24)23(26)27/h4-9,14,23,38H,10-13H2,1-3H3,(H,30,37). The van der Waals surface area contributed by atoms with Crippen molar-refractivity contribution in [2.24, 2.45) is 5.41 Å². The van der Waals surface area contributed by atoms with Crippen LogP contribution in [0.5, 0.6) is 0 Å². The van der Waals surface area contributed by atoms with Crippen LogP contribution >= 0.6 is 0 Å². The molecule has 1 saturated heterocycles. The highest BCUT2D eigenvalue weighted by molar-refractivity contribution is 6.09. The van der Waals surface area contributed by atoms with Crippen molar-refractivity contribution in [2.45, 2.75) is 51.7 Å². The molecule has 1 spiro atoms. The van der Waals surface area contributed by atoms with Gasteiger partial charge >= 0.3 is 0 Å². The third-order valence-electron chi connectivity index (χ3n) is 7.42. The van der Waals surface area contributed by atoms with E-state index in [1.54, 1.807) is 29.9 Å². The van der Waals surface area contributed by atoms with Crippen molar-refractivity contribution in [3.63, 3.8) is 0 Å². The number of tetrazole rings is 1. The Morgan fingerprint density at radius 2 is 1.95 bits per heavy atom. The molecule has 6 rings (SSSR count). The lowest BCUT2D eigenvalue weighted by Gasteiger charge is -2.62. The zero-order valence-electron chi connectivity index (χ0n) is 21.1. The molecule has 5 heterocycles. The molecule has 0 atom stereocenters. The number of aryl methyl sites for hydroxylation is 1. The topological polar surface area (TPSA) is 126 Å². The molecule has 1 aliphatic heterocycles. The van der Waals surface area contributed by atoms with E-state index < -0.39 is 12.0 Å². The van der Waals surface area contributed by atoms with E-state index in [0.29, 0.717) is 46.9 Å². The number of pyridine rings is 2. The molecule has 1 saturated carbocycles. The van der Waals surface area contributed by atoms with E-state index in [0.717, 1.165) is 5.69 Å². The molecule has 2 fully saturated rings. The Morgan fingerprint density at radius 3 is 2.63 bits per heavy atom. The molecule has 4 aromatic rings. The molecule has 2 aliphatic rings. The van der Waals surface area contributed by atoms with E-state index >= 15 is 0 Å². The molecular weight excluding hydrogens is 496 g/mol. The maximum atomic E-state index is 13.3. The van der Waals surface area contributed by atoms with Gasteiger partial charge < -0.3 is 15.3 Å². The number of aromatic nitrogens is 7. The lowest BCUT2D eigenvalue weighted by Crippen LogP contribution is -2.70. The van der Waals surface area contributed by atoms with Crippen molar-refractivity contribution >= 4 is 22.8 Å². The fraction of sp³-hybridized carbons (Fsp3) is 0.440. The second kappa shape index (κ2) is 8.51. The van der Waals surface area contributed by atoms with Crippen LogP contribution in [0.3, 0.4) is 0 Å². The molecule has 0 radical (unpaired) electrons. The molecule has 198 valence electrons. The Morgan fingerprint density at radius 1 is 1.18 bits per heavy atom. The van der Waals surface area contributed by atoms with Gasteiger partial charge in [0.15, 0.2) is 0 Å². The number of alkyl halides is 2. The number of hydrogen-bond donors (Lipinski definition) is 2. The predicted molar refractivity (Wildman–Crippen MR) is 134 cm³/mol. The largest absolute Gasteiger partial charge is 0.384 e. The summed E-state index contributed by atoms with van der Waals surface area (Å²) in [7, 11) is 0. The van der Waals surface area contributed by atoms with E-state index in [9.17, 15) is 18.7 Å². The second-order valence-corrected chi connectivity index (χ2v) is 10.7. The SMILES string of the molecule is Cc1ncc(-c2nnn(C(C)C)n2)cc1NC(=O)c1cnn2ccc(N3CC4(C3)CC(O)(C(F)F)C4)cc12. The van der Waals surface area contributed by atoms with Crippen LogP contribution in [0.25, 0.3) is 16.9 Å². The van der Waals surface area contributed by atoms with Gasteiger partial charge in [0, 0.05) is 42.1 Å². The Hall–Kier alpha value is -4.00. The highest BCUT2D eigenvalue weighted by atomic mass is 19.3. The fourth-order valence-corrected chi connectivity index (χ4v) is 5.44. The van der Waals surface area contributed by atoms with Gasteiger partial charge in [-0.15, -0.1) is 10.2 Å². The summed E-state index contributed by atoms with van der Waals surface area (Å²) in [6.45, 7) is 6.86. The lowest BCUT2D eigenvalue weighted by atomic mass is 9.55. The van der Waals surface area contributed by atoms with Gasteiger partial charge in [-0.25, -0.2) is 13.3 Å². The van der Waals surface area contributed by atoms with E-state index in [2.05, 4.69) is 35.7 Å². The number of fused-ring (bicyclic) bond motifs is 1. The fourth-order valence-electron chi connectivity index (χ4n) is 5.44. The summed E-state index contributed by atoms with van der Waals surface area (Å²) in [6.07, 6.45) is 2.39. The van der Waals surface area contributed by atoms with Crippen molar-refractivity contribution in [3.8, 4) is 11.4 Å². The third-order valence-corrected chi connectivity index (χ3v) is 7.42. The first-order valence-corrected chi connectivity index (χ1v) is 12.4. The van der Waals surface area contributed by atoms with Crippen molar-refractivity contribution in [1.82, 2.24) is 34.8 Å². The van der Waals surface area contributed by atoms with Gasteiger partial charge in [0.25, 0.3) is 12.3 Å². The van der Waals surface area contributed by atoms with Gasteiger partial charge in [0.1, 0.15) is 5.60 Å². The number of amides is 1. The highest BCUT2D eigenvalue weighted by Crippen LogP contribution is 2.56. The van der Waals surface area contributed by atoms with E-state index in [1.807, 2.05) is 26.0 Å². The van der Waals surface area contributed by atoms with Crippen LogP contribution in [-0.4, -0.2) is 70.9 Å². The molecule has 4 aromatic heterocycles. The van der Waals surface area contributed by atoms with Crippen LogP contribution in [-0.2, 0) is 0 Å². The summed E-state index contributed by atoms with van der Waals surface area (Å²) in [5.74, 6) is 0.0622. The first kappa shape index (κ1) is 24.3. The highest BCUT2D eigenvalue weighted by Gasteiger charge is 2.63. The van der Waals surface area contributed by atoms with Crippen LogP contribution in [0.2, 0.25) is 0 Å². The van der Waals surface area contributed by atoms with Crippen LogP contribution in [0, 0.1) is 12.3 Å². The number of rotatable bonds is 6. The van der Waals surface area contributed by atoms with Gasteiger partial charge in [-0.1, -0.05) is 0 Å². The molecule has 0 aromatic carbocycles. The van der Waals surface area contributed by atoms with Gasteiger partial charge in [0.2, 0.25) is 5.82 Å². The summed E-state index contributed by atoms with van der Waals surface area (Å²) >= 11 is 0. The van der Waals surface area contributed by atoms with Gasteiger partial charge in [-0.05, 0) is 57.0 Å². The smallest absolute Gasteiger partial charge is 0.266 e. The first-order chi connectivity index (χ1) is 18.1. The summed E-state index contributed by atoms with van der Waals surface area (Å²) in [4.78, 5) is 21.2. The van der Waals surface area contributed by atoms with Gasteiger partial charge in [-0.3, -0.25) is 9.78 Å². The van der Waals surface area contributed by atoms with Crippen LogP contribution in [0.1, 0.15) is 48.8 Å². The van der Waals surface area contributed by atoms with Crippen LogP contribution < -0.4 is 10.2 Å². The molecule has 0 bridgehead atoms. The maximum absolute atomic E-state index is 13.3. The number of carbonyl (C=O) groups is 1. The predicted octanol–water partition coefficient (Wildman–Crippen LogP) is 3.12. The van der Waals surface area contributed by atoms with Crippen LogP contribution in [0.4, 0.5) is 20.2 Å². The van der Waals surface area contributed by atoms with Crippen LogP contribution in [0.15, 0.2) is 36.8 Å². The number of aliphatic hydroxyl groups is 1. The third kappa shape index (κ3) is 3.97. The average Bonchev–Trinajstić information content (AvgIpc) is 3.49. The van der Waals surface area contributed by atoms with Crippen molar-refractivity contribution in [2.75, 3.05) is 23.3 Å². The zero-order chi connectivity index (χ0) is 26.8. The Bertz CT molecular complexity index is 1530. The molecule has 0 unspecified atom stereocenters. The molecule has 1 amide bonds. The Kier molecular flexibility index (Phi) is 5.45. The second-order valence-electron chi connectivity index (χ2n) is 10.7. The lowest BCUT2D eigenvalue weighted by molar-refractivity contribution is -0.209. The Labute approximate surface area is 216 Å². The minimum absolute atomic E-state index is 0.0609. The molecule has 1 aliphatic carbocycles. The van der Waals surface area contributed by atoms with Gasteiger partial charge in [0.05, 0.1) is 34.7 Å².